The number of amides is 3. The fourth-order valence-electron chi connectivity index (χ4n) is 1.47. The lowest BCUT2D eigenvalue weighted by molar-refractivity contribution is -0.116. The fraction of sp³-hybridized carbons (Fsp3) is 0.333. The van der Waals surface area contributed by atoms with E-state index in [4.69, 9.17) is 0 Å². The van der Waals surface area contributed by atoms with Gasteiger partial charge in [0.1, 0.15) is 0 Å². The van der Waals surface area contributed by atoms with E-state index in [1.54, 1.807) is 36.2 Å². The number of urea groups is 1. The van der Waals surface area contributed by atoms with E-state index >= 15 is 0 Å². The number of nitrogens with zero attached hydrogens (tertiary/aromatic N) is 1. The van der Waals surface area contributed by atoms with Crippen molar-refractivity contribution in [3.63, 3.8) is 0 Å². The van der Waals surface area contributed by atoms with E-state index in [-0.39, 0.29) is 11.9 Å². The van der Waals surface area contributed by atoms with Crippen molar-refractivity contribution in [3.8, 4) is 0 Å². The molecule has 0 aromatic heterocycles. The molecule has 3 amide bonds. The Bertz CT molecular complexity index is 502. The van der Waals surface area contributed by atoms with E-state index in [0.29, 0.717) is 12.2 Å². The van der Waals surface area contributed by atoms with Crippen LogP contribution in [0.4, 0.5) is 16.2 Å². The second kappa shape index (κ2) is 7.33. The zero-order valence-corrected chi connectivity index (χ0v) is 12.4. The molecule has 0 spiro atoms. The third-order valence-corrected chi connectivity index (χ3v) is 2.76. The quantitative estimate of drug-likeness (QED) is 0.830. The van der Waals surface area contributed by atoms with Gasteiger partial charge in [0.05, 0.1) is 0 Å². The molecule has 5 nitrogen and oxygen atoms in total. The van der Waals surface area contributed by atoms with Gasteiger partial charge >= 0.3 is 6.03 Å². The van der Waals surface area contributed by atoms with E-state index in [1.807, 2.05) is 19.9 Å². The molecule has 1 rings (SSSR count). The Morgan fingerprint density at radius 3 is 2.25 bits per heavy atom. The smallest absolute Gasteiger partial charge is 0.319 e. The minimum absolute atomic E-state index is 0.0369. The lowest BCUT2D eigenvalue weighted by Gasteiger charge is -2.15. The Hall–Kier alpha value is -2.30. The van der Waals surface area contributed by atoms with Crippen molar-refractivity contribution < 1.29 is 9.59 Å². The summed E-state index contributed by atoms with van der Waals surface area (Å²) in [5.74, 6) is -0.0369. The first-order valence-electron chi connectivity index (χ1n) is 6.42. The molecule has 5 heteroatoms. The first-order chi connectivity index (χ1) is 9.40. The molecular formula is C15H21N3O2. The van der Waals surface area contributed by atoms with Gasteiger partial charge in [0.25, 0.3) is 0 Å². The molecule has 0 aliphatic carbocycles. The summed E-state index contributed by atoms with van der Waals surface area (Å²) >= 11 is 0. The second-order valence-corrected chi connectivity index (χ2v) is 4.74. The van der Waals surface area contributed by atoms with E-state index in [2.05, 4.69) is 10.6 Å². The summed E-state index contributed by atoms with van der Waals surface area (Å²) in [4.78, 5) is 24.4. The molecule has 1 aromatic rings. The number of benzene rings is 1. The molecule has 0 fully saturated rings. The maximum Gasteiger partial charge on any atom is 0.319 e. The second-order valence-electron chi connectivity index (χ2n) is 4.74. The van der Waals surface area contributed by atoms with Crippen LogP contribution in [-0.2, 0) is 4.79 Å². The van der Waals surface area contributed by atoms with Crippen molar-refractivity contribution in [2.24, 2.45) is 0 Å². The van der Waals surface area contributed by atoms with Crippen LogP contribution in [0.25, 0.3) is 0 Å². The number of hydrogen-bond acceptors (Lipinski definition) is 2. The van der Waals surface area contributed by atoms with Crippen molar-refractivity contribution in [2.45, 2.75) is 20.8 Å². The molecule has 1 aromatic carbocycles. The monoisotopic (exact) mass is 275 g/mol. The summed E-state index contributed by atoms with van der Waals surface area (Å²) in [5, 5.41) is 5.46. The molecule has 0 saturated carbocycles. The van der Waals surface area contributed by atoms with Crippen molar-refractivity contribution in [1.29, 1.82) is 0 Å². The predicted molar refractivity (Wildman–Crippen MR) is 82.0 cm³/mol. The van der Waals surface area contributed by atoms with E-state index in [9.17, 15) is 9.59 Å². The number of carbonyl (C=O) groups is 2. The van der Waals surface area contributed by atoms with Crippen molar-refractivity contribution >= 4 is 23.3 Å². The van der Waals surface area contributed by atoms with Gasteiger partial charge in [-0.15, -0.1) is 0 Å². The maximum atomic E-state index is 11.6. The Morgan fingerprint density at radius 2 is 1.75 bits per heavy atom. The molecule has 0 radical (unpaired) electrons. The first-order valence-corrected chi connectivity index (χ1v) is 6.42. The summed E-state index contributed by atoms with van der Waals surface area (Å²) in [6, 6.07) is 6.83. The van der Waals surface area contributed by atoms with Gasteiger partial charge in [-0.2, -0.15) is 0 Å². The van der Waals surface area contributed by atoms with E-state index in [0.717, 1.165) is 11.3 Å². The SMILES string of the molecule is CC(=O)N(C)c1ccc(NC(=O)NCC=C(C)C)cc1. The summed E-state index contributed by atoms with van der Waals surface area (Å²) in [7, 11) is 1.71. The Labute approximate surface area is 119 Å². The van der Waals surface area contributed by atoms with Gasteiger partial charge in [-0.05, 0) is 38.1 Å². The predicted octanol–water partition coefficient (Wildman–Crippen LogP) is 2.76. The van der Waals surface area contributed by atoms with Gasteiger partial charge in [-0.25, -0.2) is 4.79 Å². The normalized spacial score (nSPS) is 9.60. The minimum atomic E-state index is -0.254. The summed E-state index contributed by atoms with van der Waals surface area (Å²) in [5.41, 5.74) is 2.62. The molecule has 0 atom stereocenters. The molecule has 0 aliphatic heterocycles. The highest BCUT2D eigenvalue weighted by Crippen LogP contribution is 2.16. The van der Waals surface area contributed by atoms with E-state index < -0.39 is 0 Å². The Balaban J connectivity index is 2.55. The first kappa shape index (κ1) is 15.8. The largest absolute Gasteiger partial charge is 0.334 e. The molecule has 20 heavy (non-hydrogen) atoms. The zero-order valence-electron chi connectivity index (χ0n) is 12.4. The lowest BCUT2D eigenvalue weighted by atomic mass is 10.2. The molecule has 0 aliphatic rings. The van der Waals surface area contributed by atoms with Gasteiger partial charge in [-0.3, -0.25) is 4.79 Å². The highest BCUT2D eigenvalue weighted by Gasteiger charge is 2.05. The van der Waals surface area contributed by atoms with Gasteiger partial charge < -0.3 is 15.5 Å². The highest BCUT2D eigenvalue weighted by atomic mass is 16.2. The van der Waals surface area contributed by atoms with Crippen LogP contribution in [-0.4, -0.2) is 25.5 Å². The number of anilines is 2. The van der Waals surface area contributed by atoms with Crippen LogP contribution in [0.5, 0.6) is 0 Å². The van der Waals surface area contributed by atoms with Crippen LogP contribution in [0.3, 0.4) is 0 Å². The molecule has 108 valence electrons. The van der Waals surface area contributed by atoms with Gasteiger partial charge in [0.15, 0.2) is 0 Å². The Morgan fingerprint density at radius 1 is 1.15 bits per heavy atom. The zero-order chi connectivity index (χ0) is 15.1. The molecule has 0 bridgehead atoms. The number of rotatable bonds is 4. The van der Waals surface area contributed by atoms with Crippen molar-refractivity contribution in [2.75, 3.05) is 23.8 Å². The number of allylic oxidation sites excluding steroid dienone is 1. The maximum absolute atomic E-state index is 11.6. The van der Waals surface area contributed by atoms with Gasteiger partial charge in [-0.1, -0.05) is 11.6 Å². The van der Waals surface area contributed by atoms with Gasteiger partial charge in [0, 0.05) is 31.9 Å². The van der Waals surface area contributed by atoms with Crippen LogP contribution in [0, 0.1) is 0 Å². The molecular weight excluding hydrogens is 254 g/mol. The standard InChI is InChI=1S/C15H21N3O2/c1-11(2)9-10-16-15(20)17-13-5-7-14(8-6-13)18(4)12(3)19/h5-9H,10H2,1-4H3,(H2,16,17,20). The number of nitrogens with one attached hydrogen (secondary N) is 2. The molecule has 0 heterocycles. The van der Waals surface area contributed by atoms with Crippen LogP contribution >= 0.6 is 0 Å². The molecule has 2 N–H and O–H groups in total. The van der Waals surface area contributed by atoms with E-state index in [1.165, 1.54) is 6.92 Å². The molecule has 0 saturated heterocycles. The fourth-order valence-corrected chi connectivity index (χ4v) is 1.47. The van der Waals surface area contributed by atoms with Crippen LogP contribution < -0.4 is 15.5 Å². The summed E-state index contributed by atoms with van der Waals surface area (Å²) in [6.45, 7) is 5.95. The summed E-state index contributed by atoms with van der Waals surface area (Å²) in [6.07, 6.45) is 1.94. The average Bonchev–Trinajstić information content (AvgIpc) is 2.38. The van der Waals surface area contributed by atoms with Crippen LogP contribution in [0.1, 0.15) is 20.8 Å². The topological polar surface area (TPSA) is 61.4 Å². The third kappa shape index (κ3) is 5.14. The van der Waals surface area contributed by atoms with Crippen LogP contribution in [0.2, 0.25) is 0 Å². The summed E-state index contributed by atoms with van der Waals surface area (Å²) < 4.78 is 0. The van der Waals surface area contributed by atoms with Gasteiger partial charge in [0.2, 0.25) is 5.91 Å². The van der Waals surface area contributed by atoms with Crippen molar-refractivity contribution in [3.05, 3.63) is 35.9 Å². The Kier molecular flexibility index (Phi) is 5.77. The average molecular weight is 275 g/mol. The highest BCUT2D eigenvalue weighted by molar-refractivity contribution is 5.92. The third-order valence-electron chi connectivity index (χ3n) is 2.76. The number of hydrogen-bond donors (Lipinski definition) is 2. The van der Waals surface area contributed by atoms with Crippen molar-refractivity contribution in [1.82, 2.24) is 5.32 Å². The lowest BCUT2D eigenvalue weighted by Crippen LogP contribution is -2.28. The number of carbonyl (C=O) groups excluding carboxylic acids is 2. The molecule has 0 unspecified atom stereocenters. The minimum Gasteiger partial charge on any atom is -0.334 e. The van der Waals surface area contributed by atoms with Crippen LogP contribution in [0.15, 0.2) is 35.9 Å².